The number of nitriles is 1. The maximum Gasteiger partial charge on any atom is 0.335 e. The Morgan fingerprint density at radius 2 is 1.83 bits per heavy atom. The molecule has 0 aliphatic heterocycles. The number of hydrogen-bond acceptors (Lipinski definition) is 4. The molecule has 24 heavy (non-hydrogen) atoms. The molecule has 0 unspecified atom stereocenters. The van der Waals surface area contributed by atoms with Crippen LogP contribution in [0.2, 0.25) is 0 Å². The van der Waals surface area contributed by atoms with Crippen LogP contribution in [0.25, 0.3) is 0 Å². The Morgan fingerprint density at radius 1 is 1.12 bits per heavy atom. The van der Waals surface area contributed by atoms with E-state index in [9.17, 15) is 9.59 Å². The van der Waals surface area contributed by atoms with Gasteiger partial charge in [-0.2, -0.15) is 5.26 Å². The summed E-state index contributed by atoms with van der Waals surface area (Å²) in [5, 5.41) is 23.4. The van der Waals surface area contributed by atoms with Crippen molar-refractivity contribution in [1.29, 1.82) is 5.26 Å². The first-order valence-electron chi connectivity index (χ1n) is 6.76. The van der Waals surface area contributed by atoms with Crippen LogP contribution in [0.3, 0.4) is 0 Å². The fourth-order valence-corrected chi connectivity index (χ4v) is 2.21. The van der Waals surface area contributed by atoms with Crippen molar-refractivity contribution in [2.75, 3.05) is 10.6 Å². The van der Waals surface area contributed by atoms with Crippen molar-refractivity contribution in [1.82, 2.24) is 0 Å². The van der Waals surface area contributed by atoms with E-state index in [-0.39, 0.29) is 11.1 Å². The summed E-state index contributed by atoms with van der Waals surface area (Å²) in [6.07, 6.45) is 1.29. The molecule has 6 nitrogen and oxygen atoms in total. The second kappa shape index (κ2) is 7.94. The van der Waals surface area contributed by atoms with E-state index in [4.69, 9.17) is 10.4 Å². The number of nitrogens with one attached hydrogen (secondary N) is 2. The average molecular weight is 386 g/mol. The first-order valence-corrected chi connectivity index (χ1v) is 7.56. The molecule has 120 valence electrons. The Kier molecular flexibility index (Phi) is 5.71. The number of hydrogen-bond donors (Lipinski definition) is 3. The smallest absolute Gasteiger partial charge is 0.335 e. The lowest BCUT2D eigenvalue weighted by atomic mass is 10.2. The molecule has 0 saturated heterocycles. The van der Waals surface area contributed by atoms with Crippen LogP contribution in [0.5, 0.6) is 0 Å². The lowest BCUT2D eigenvalue weighted by molar-refractivity contribution is -0.112. The second-order valence-corrected chi connectivity index (χ2v) is 5.58. The minimum absolute atomic E-state index is 0.0440. The van der Waals surface area contributed by atoms with Crippen molar-refractivity contribution in [3.05, 3.63) is 70.3 Å². The molecule has 0 bridgehead atoms. The predicted molar refractivity (Wildman–Crippen MR) is 93.5 cm³/mol. The fraction of sp³-hybridized carbons (Fsp3) is 0. The summed E-state index contributed by atoms with van der Waals surface area (Å²) in [5.41, 5.74) is 0.902. The molecule has 0 aromatic heterocycles. The number of carbonyl (C=O) groups excluding carboxylic acids is 1. The monoisotopic (exact) mass is 385 g/mol. The van der Waals surface area contributed by atoms with Crippen LogP contribution in [0.15, 0.2) is 64.8 Å². The molecule has 0 saturated carbocycles. The third-order valence-corrected chi connectivity index (χ3v) is 3.43. The molecule has 0 spiro atoms. The summed E-state index contributed by atoms with van der Waals surface area (Å²) < 4.78 is 0.856. The van der Waals surface area contributed by atoms with Gasteiger partial charge in [0.05, 0.1) is 5.56 Å². The number of carboxylic acids is 1. The van der Waals surface area contributed by atoms with Crippen molar-refractivity contribution in [3.63, 3.8) is 0 Å². The molecule has 0 heterocycles. The highest BCUT2D eigenvalue weighted by molar-refractivity contribution is 9.10. The van der Waals surface area contributed by atoms with Crippen molar-refractivity contribution in [2.45, 2.75) is 0 Å². The zero-order valence-electron chi connectivity index (χ0n) is 12.3. The number of halogens is 1. The van der Waals surface area contributed by atoms with Gasteiger partial charge >= 0.3 is 5.97 Å². The molecule has 0 atom stereocenters. The largest absolute Gasteiger partial charge is 0.478 e. The third kappa shape index (κ3) is 4.69. The summed E-state index contributed by atoms with van der Waals surface area (Å²) in [6, 6.07) is 14.8. The van der Waals surface area contributed by atoms with Crippen molar-refractivity contribution >= 4 is 39.2 Å². The van der Waals surface area contributed by atoms with E-state index in [2.05, 4.69) is 26.6 Å². The first kappa shape index (κ1) is 17.2. The van der Waals surface area contributed by atoms with Crippen LogP contribution in [0.1, 0.15) is 10.4 Å². The molecule has 0 aliphatic carbocycles. The Morgan fingerprint density at radius 3 is 2.50 bits per heavy atom. The Balaban J connectivity index is 2.11. The van der Waals surface area contributed by atoms with E-state index >= 15 is 0 Å². The standard InChI is InChI=1S/C17H12BrN3O3/c18-13-4-2-5-14(8-13)20-10-12(9-19)16(22)21-15-6-1-3-11(7-15)17(23)24/h1-8,10,20H,(H,21,22)(H,23,24)/b12-10-. The van der Waals surface area contributed by atoms with Gasteiger partial charge in [-0.05, 0) is 36.4 Å². The predicted octanol–water partition coefficient (Wildman–Crippen LogP) is 3.61. The van der Waals surface area contributed by atoms with Gasteiger partial charge in [-0.15, -0.1) is 0 Å². The zero-order valence-corrected chi connectivity index (χ0v) is 13.9. The van der Waals surface area contributed by atoms with Crippen LogP contribution < -0.4 is 10.6 Å². The molecule has 1 amide bonds. The molecule has 0 radical (unpaired) electrons. The van der Waals surface area contributed by atoms with Gasteiger partial charge in [-0.1, -0.05) is 28.1 Å². The second-order valence-electron chi connectivity index (χ2n) is 4.66. The lowest BCUT2D eigenvalue weighted by Gasteiger charge is -2.06. The molecule has 2 rings (SSSR count). The van der Waals surface area contributed by atoms with Gasteiger partial charge in [0.2, 0.25) is 0 Å². The number of carbonyl (C=O) groups is 2. The van der Waals surface area contributed by atoms with Crippen molar-refractivity contribution in [3.8, 4) is 6.07 Å². The van der Waals surface area contributed by atoms with Crippen LogP contribution in [-0.2, 0) is 4.79 Å². The molecule has 2 aromatic carbocycles. The minimum Gasteiger partial charge on any atom is -0.478 e. The normalized spacial score (nSPS) is 10.6. The first-order chi connectivity index (χ1) is 11.5. The molecule has 2 aromatic rings. The van der Waals surface area contributed by atoms with Gasteiger partial charge < -0.3 is 15.7 Å². The van der Waals surface area contributed by atoms with E-state index in [1.54, 1.807) is 24.3 Å². The van der Waals surface area contributed by atoms with Gasteiger partial charge in [0.25, 0.3) is 5.91 Å². The highest BCUT2D eigenvalue weighted by Gasteiger charge is 2.11. The molecule has 3 N–H and O–H groups in total. The van der Waals surface area contributed by atoms with Gasteiger partial charge in [0.15, 0.2) is 0 Å². The highest BCUT2D eigenvalue weighted by Crippen LogP contribution is 2.16. The maximum absolute atomic E-state index is 12.1. The fourth-order valence-electron chi connectivity index (χ4n) is 1.81. The third-order valence-electron chi connectivity index (χ3n) is 2.94. The highest BCUT2D eigenvalue weighted by atomic mass is 79.9. The van der Waals surface area contributed by atoms with Gasteiger partial charge in [0, 0.05) is 22.0 Å². The topological polar surface area (TPSA) is 102 Å². The van der Waals surface area contributed by atoms with Gasteiger partial charge in [-0.3, -0.25) is 4.79 Å². The SMILES string of the molecule is N#C/C(=C/Nc1cccc(Br)c1)C(=O)Nc1cccc(C(=O)O)c1. The van der Waals surface area contributed by atoms with Crippen LogP contribution in [0, 0.1) is 11.3 Å². The zero-order chi connectivity index (χ0) is 17.5. The van der Waals surface area contributed by atoms with E-state index in [1.807, 2.05) is 12.1 Å². The summed E-state index contributed by atoms with van der Waals surface area (Å²) in [6.45, 7) is 0. The number of amides is 1. The van der Waals surface area contributed by atoms with Gasteiger partial charge in [0.1, 0.15) is 11.6 Å². The quantitative estimate of drug-likeness (QED) is 0.538. The minimum atomic E-state index is -1.10. The average Bonchev–Trinajstić information content (AvgIpc) is 2.55. The van der Waals surface area contributed by atoms with E-state index in [0.29, 0.717) is 11.4 Å². The van der Waals surface area contributed by atoms with Crippen LogP contribution >= 0.6 is 15.9 Å². The van der Waals surface area contributed by atoms with Crippen LogP contribution in [0.4, 0.5) is 11.4 Å². The summed E-state index contributed by atoms with van der Waals surface area (Å²) in [5.74, 6) is -1.74. The summed E-state index contributed by atoms with van der Waals surface area (Å²) >= 11 is 3.32. The molecule has 0 fully saturated rings. The van der Waals surface area contributed by atoms with Crippen LogP contribution in [-0.4, -0.2) is 17.0 Å². The Labute approximate surface area is 146 Å². The number of rotatable bonds is 5. The number of benzene rings is 2. The molecule has 0 aliphatic rings. The number of carboxylic acid groups (broad SMARTS) is 1. The lowest BCUT2D eigenvalue weighted by Crippen LogP contribution is -2.15. The van der Waals surface area contributed by atoms with E-state index in [1.165, 1.54) is 24.4 Å². The molecule has 7 heteroatoms. The van der Waals surface area contributed by atoms with Crippen molar-refractivity contribution in [2.24, 2.45) is 0 Å². The Hall–Kier alpha value is -3.11. The van der Waals surface area contributed by atoms with Crippen molar-refractivity contribution < 1.29 is 14.7 Å². The molecular weight excluding hydrogens is 374 g/mol. The van der Waals surface area contributed by atoms with E-state index in [0.717, 1.165) is 4.47 Å². The van der Waals surface area contributed by atoms with Gasteiger partial charge in [-0.25, -0.2) is 4.79 Å². The number of nitrogens with zero attached hydrogens (tertiary/aromatic N) is 1. The summed E-state index contributed by atoms with van der Waals surface area (Å²) in [4.78, 5) is 23.0. The maximum atomic E-state index is 12.1. The van der Waals surface area contributed by atoms with E-state index < -0.39 is 11.9 Å². The summed E-state index contributed by atoms with van der Waals surface area (Å²) in [7, 11) is 0. The number of aromatic carboxylic acids is 1. The molecular formula is C17H12BrN3O3. The Bertz CT molecular complexity index is 856. The number of anilines is 2.